The summed E-state index contributed by atoms with van der Waals surface area (Å²) in [4.78, 5) is -2.21. The van der Waals surface area contributed by atoms with Gasteiger partial charge in [0.2, 0.25) is 0 Å². The molecule has 0 saturated heterocycles. The van der Waals surface area contributed by atoms with E-state index < -0.39 is 21.2 Å². The molecule has 2 bridgehead atoms. The molecule has 0 spiro atoms. The molecular formula is C7H5Cl5O. The summed E-state index contributed by atoms with van der Waals surface area (Å²) in [5.41, 5.74) is 0. The van der Waals surface area contributed by atoms with Crippen molar-refractivity contribution in [1.82, 2.24) is 0 Å². The molecular weight excluding hydrogens is 277 g/mol. The fourth-order valence-corrected chi connectivity index (χ4v) is 4.08. The van der Waals surface area contributed by atoms with Crippen LogP contribution in [0, 0.1) is 0 Å². The topological polar surface area (TPSA) is 20.2 Å². The van der Waals surface area contributed by atoms with Crippen LogP contribution in [0.1, 0.15) is 6.42 Å². The number of allylic oxidation sites excluding steroid dienone is 1. The smallest absolute Gasteiger partial charge is 0.125 e. The molecule has 74 valence electrons. The summed E-state index contributed by atoms with van der Waals surface area (Å²) in [5, 5.41) is 9.39. The van der Waals surface area contributed by atoms with Gasteiger partial charge in [-0.05, 0) is 0 Å². The predicted molar refractivity (Wildman–Crippen MR) is 56.2 cm³/mol. The van der Waals surface area contributed by atoms with Gasteiger partial charge in [-0.25, -0.2) is 0 Å². The van der Waals surface area contributed by atoms with E-state index in [9.17, 15) is 5.11 Å². The Hall–Kier alpha value is 1.15. The maximum Gasteiger partial charge on any atom is 0.125 e. The highest BCUT2D eigenvalue weighted by atomic mass is 35.5. The molecule has 6 heteroatoms. The van der Waals surface area contributed by atoms with Crippen LogP contribution in [0.25, 0.3) is 0 Å². The molecule has 2 rings (SSSR count). The van der Waals surface area contributed by atoms with E-state index in [1.54, 1.807) is 0 Å². The van der Waals surface area contributed by atoms with Crippen molar-refractivity contribution in [3.8, 4) is 0 Å². The van der Waals surface area contributed by atoms with E-state index in [1.165, 1.54) is 0 Å². The van der Waals surface area contributed by atoms with Crippen LogP contribution in [0.3, 0.4) is 0 Å². The van der Waals surface area contributed by atoms with Gasteiger partial charge in [-0.1, -0.05) is 23.2 Å². The summed E-state index contributed by atoms with van der Waals surface area (Å²) >= 11 is 30.0. The highest BCUT2D eigenvalue weighted by Crippen LogP contribution is 2.64. The Morgan fingerprint density at radius 1 is 1.23 bits per heavy atom. The maximum absolute atomic E-state index is 9.62. The standard InChI is InChI=1S/C7H5Cl5O/c8-3-4(9)7(12)2(13)1-6(3,11)5(7)10/h2,5,13H,1H2. The lowest BCUT2D eigenvalue weighted by Crippen LogP contribution is -2.37. The second-order valence-electron chi connectivity index (χ2n) is 3.34. The van der Waals surface area contributed by atoms with Gasteiger partial charge in [0.1, 0.15) is 9.75 Å². The predicted octanol–water partition coefficient (Wildman–Crippen LogP) is 3.02. The van der Waals surface area contributed by atoms with Crippen molar-refractivity contribution < 1.29 is 5.11 Å². The van der Waals surface area contributed by atoms with E-state index in [4.69, 9.17) is 58.0 Å². The van der Waals surface area contributed by atoms with E-state index in [0.29, 0.717) is 0 Å². The van der Waals surface area contributed by atoms with Crippen LogP contribution in [0.5, 0.6) is 0 Å². The number of hydrogen-bond donors (Lipinski definition) is 1. The lowest BCUT2D eigenvalue weighted by molar-refractivity contribution is 0.158. The zero-order chi connectivity index (χ0) is 10.0. The van der Waals surface area contributed by atoms with E-state index in [0.717, 1.165) is 0 Å². The molecule has 0 aliphatic heterocycles. The van der Waals surface area contributed by atoms with Gasteiger partial charge in [-0.3, -0.25) is 0 Å². The molecule has 4 unspecified atom stereocenters. The van der Waals surface area contributed by atoms with Gasteiger partial charge < -0.3 is 5.11 Å². The van der Waals surface area contributed by atoms with Crippen molar-refractivity contribution in [3.05, 3.63) is 10.1 Å². The lowest BCUT2D eigenvalue weighted by Gasteiger charge is -2.25. The summed E-state index contributed by atoms with van der Waals surface area (Å²) < 4.78 is 0. The molecule has 0 aromatic heterocycles. The first kappa shape index (κ1) is 10.7. The van der Waals surface area contributed by atoms with Gasteiger partial charge in [-0.15, -0.1) is 34.8 Å². The Kier molecular flexibility index (Phi) is 2.33. The Morgan fingerprint density at radius 2 is 1.77 bits per heavy atom. The van der Waals surface area contributed by atoms with E-state index >= 15 is 0 Å². The average molecular weight is 282 g/mol. The second kappa shape index (κ2) is 2.84. The lowest BCUT2D eigenvalue weighted by atomic mass is 10.0. The van der Waals surface area contributed by atoms with E-state index in [2.05, 4.69) is 0 Å². The Morgan fingerprint density at radius 3 is 2.08 bits per heavy atom. The molecule has 0 aromatic rings. The van der Waals surface area contributed by atoms with Crippen molar-refractivity contribution in [2.45, 2.75) is 27.7 Å². The minimum atomic E-state index is -1.21. The first-order chi connectivity index (χ1) is 5.85. The average Bonchev–Trinajstić information content (AvgIpc) is 2.31. The molecule has 1 saturated carbocycles. The monoisotopic (exact) mass is 280 g/mol. The minimum Gasteiger partial charge on any atom is -0.391 e. The van der Waals surface area contributed by atoms with E-state index in [1.807, 2.05) is 0 Å². The third-order valence-corrected chi connectivity index (χ3v) is 6.12. The quantitative estimate of drug-likeness (QED) is 0.677. The number of halogens is 5. The van der Waals surface area contributed by atoms with Gasteiger partial charge in [0, 0.05) is 6.42 Å². The normalized spacial score (nSPS) is 54.9. The van der Waals surface area contributed by atoms with Gasteiger partial charge in [0.15, 0.2) is 0 Å². The van der Waals surface area contributed by atoms with Crippen molar-refractivity contribution in [3.63, 3.8) is 0 Å². The number of rotatable bonds is 0. The molecule has 4 atom stereocenters. The molecule has 0 amide bonds. The zero-order valence-corrected chi connectivity index (χ0v) is 9.98. The summed E-state index contributed by atoms with van der Waals surface area (Å²) in [5.74, 6) is 0. The number of fused-ring (bicyclic) bond motifs is 2. The Balaban J connectivity index is 2.61. The molecule has 13 heavy (non-hydrogen) atoms. The first-order valence-corrected chi connectivity index (χ1v) is 5.56. The third kappa shape index (κ3) is 1.01. The molecule has 0 heterocycles. The summed E-state index contributed by atoms with van der Waals surface area (Å²) in [6.07, 6.45) is -0.606. The van der Waals surface area contributed by atoms with Crippen LogP contribution in [0.4, 0.5) is 0 Å². The number of aliphatic hydroxyl groups excluding tert-OH is 1. The van der Waals surface area contributed by atoms with Crippen LogP contribution >= 0.6 is 58.0 Å². The largest absolute Gasteiger partial charge is 0.391 e. The minimum absolute atomic E-state index is 0.171. The van der Waals surface area contributed by atoms with E-state index in [-0.39, 0.29) is 16.5 Å². The van der Waals surface area contributed by atoms with Crippen LogP contribution in [-0.4, -0.2) is 26.3 Å². The number of hydrogen-bond acceptors (Lipinski definition) is 1. The molecule has 1 fully saturated rings. The van der Waals surface area contributed by atoms with Crippen LogP contribution in [-0.2, 0) is 0 Å². The maximum atomic E-state index is 9.62. The van der Waals surface area contributed by atoms with Gasteiger partial charge in [0.25, 0.3) is 0 Å². The van der Waals surface area contributed by atoms with Crippen LogP contribution in [0.15, 0.2) is 10.1 Å². The molecule has 1 nitrogen and oxygen atoms in total. The van der Waals surface area contributed by atoms with Crippen molar-refractivity contribution in [1.29, 1.82) is 0 Å². The van der Waals surface area contributed by atoms with Gasteiger partial charge >= 0.3 is 0 Å². The van der Waals surface area contributed by atoms with Crippen LogP contribution < -0.4 is 0 Å². The summed E-state index contributed by atoms with van der Waals surface area (Å²) in [7, 11) is 0. The highest BCUT2D eigenvalue weighted by molar-refractivity contribution is 6.55. The molecule has 2 aliphatic carbocycles. The Bertz CT molecular complexity index is 303. The van der Waals surface area contributed by atoms with Gasteiger partial charge in [0.05, 0.1) is 21.5 Å². The van der Waals surface area contributed by atoms with Crippen molar-refractivity contribution in [2.24, 2.45) is 0 Å². The first-order valence-electron chi connectivity index (χ1n) is 3.61. The summed E-state index contributed by atoms with van der Waals surface area (Å²) in [6.45, 7) is 0. The molecule has 1 N–H and O–H groups in total. The molecule has 2 aliphatic rings. The SMILES string of the molecule is OC1CC2(Cl)C(Cl)=C(Cl)C1(Cl)C2Cl. The molecule has 0 aromatic carbocycles. The fraction of sp³-hybridized carbons (Fsp3) is 0.714. The molecule has 0 radical (unpaired) electrons. The number of alkyl halides is 3. The number of aliphatic hydroxyl groups is 1. The Labute approximate surface area is 101 Å². The second-order valence-corrected chi connectivity index (χ2v) is 5.83. The zero-order valence-electron chi connectivity index (χ0n) is 6.20. The van der Waals surface area contributed by atoms with Crippen molar-refractivity contribution >= 4 is 58.0 Å². The highest BCUT2D eigenvalue weighted by Gasteiger charge is 2.69. The van der Waals surface area contributed by atoms with Crippen molar-refractivity contribution in [2.75, 3.05) is 0 Å². The van der Waals surface area contributed by atoms with Gasteiger partial charge in [-0.2, -0.15) is 0 Å². The third-order valence-electron chi connectivity index (χ3n) is 2.64. The summed E-state index contributed by atoms with van der Waals surface area (Å²) in [6, 6.07) is 0. The fourth-order valence-electron chi connectivity index (χ4n) is 1.84. The van der Waals surface area contributed by atoms with Crippen LogP contribution in [0.2, 0.25) is 0 Å².